The molecule has 1 fully saturated rings. The largest absolute Gasteiger partial charge is 0.352 e. The molecule has 3 heteroatoms. The van der Waals surface area contributed by atoms with Crippen LogP contribution in [0.5, 0.6) is 0 Å². The highest BCUT2D eigenvalue weighted by Gasteiger charge is 2.34. The van der Waals surface area contributed by atoms with Gasteiger partial charge in [0, 0.05) is 25.2 Å². The normalized spacial score (nSPS) is 18.6. The molecule has 3 nitrogen and oxygen atoms in total. The molecule has 3 rings (SSSR count). The summed E-state index contributed by atoms with van der Waals surface area (Å²) >= 11 is 0. The minimum absolute atomic E-state index is 0.0629. The molecule has 1 atom stereocenters. The molecule has 0 aromatic heterocycles. The number of carbonyl (C=O) groups excluding carboxylic acids is 1. The van der Waals surface area contributed by atoms with Crippen LogP contribution in [-0.2, 0) is 24.2 Å². The molecular weight excluding hydrogens is 356 g/mol. The molecular formula is C26H34N2O. The molecule has 1 saturated carbocycles. The molecule has 154 valence electrons. The van der Waals surface area contributed by atoms with E-state index in [1.165, 1.54) is 30.5 Å². The van der Waals surface area contributed by atoms with Gasteiger partial charge in [-0.2, -0.15) is 0 Å². The van der Waals surface area contributed by atoms with E-state index in [-0.39, 0.29) is 11.3 Å². The molecule has 2 aromatic rings. The zero-order valence-electron chi connectivity index (χ0n) is 18.1. The maximum atomic E-state index is 12.3. The predicted octanol–water partition coefficient (Wildman–Crippen LogP) is 5.38. The van der Waals surface area contributed by atoms with Gasteiger partial charge in [0.05, 0.1) is 6.42 Å². The first kappa shape index (κ1) is 21.3. The first-order chi connectivity index (χ1) is 14.0. The van der Waals surface area contributed by atoms with Crippen LogP contribution in [0.4, 0.5) is 0 Å². The van der Waals surface area contributed by atoms with Gasteiger partial charge in [-0.3, -0.25) is 9.79 Å². The molecule has 1 aliphatic carbocycles. The Hall–Kier alpha value is -2.42. The fourth-order valence-corrected chi connectivity index (χ4v) is 4.57. The first-order valence-electron chi connectivity index (χ1n) is 10.8. The van der Waals surface area contributed by atoms with Crippen LogP contribution in [0.2, 0.25) is 0 Å². The van der Waals surface area contributed by atoms with Crippen molar-refractivity contribution in [2.24, 2.45) is 16.3 Å². The molecule has 2 aromatic carbocycles. The highest BCUT2D eigenvalue weighted by Crippen LogP contribution is 2.39. The van der Waals surface area contributed by atoms with Crippen molar-refractivity contribution in [3.8, 4) is 0 Å². The highest BCUT2D eigenvalue weighted by atomic mass is 16.1. The predicted molar refractivity (Wildman–Crippen MR) is 121 cm³/mol. The summed E-state index contributed by atoms with van der Waals surface area (Å²) in [7, 11) is 1.95. The summed E-state index contributed by atoms with van der Waals surface area (Å²) in [6, 6.07) is 18.6. The molecule has 1 N–H and O–H groups in total. The molecule has 0 spiro atoms. The SMILES string of the molecule is CN=C1CCCCC1C(C)(C)Cc1ccc(CC(=O)NCc2ccccc2)cc1. The lowest BCUT2D eigenvalue weighted by atomic mass is 9.67. The van der Waals surface area contributed by atoms with E-state index in [0.717, 1.165) is 24.0 Å². The molecule has 0 heterocycles. The Kier molecular flexibility index (Phi) is 7.24. The third-order valence-corrected chi connectivity index (χ3v) is 6.19. The lowest BCUT2D eigenvalue weighted by Gasteiger charge is -2.38. The van der Waals surface area contributed by atoms with Crippen LogP contribution in [0.15, 0.2) is 59.6 Å². The van der Waals surface area contributed by atoms with E-state index in [2.05, 4.69) is 48.4 Å². The maximum absolute atomic E-state index is 12.3. The number of amides is 1. The number of benzene rings is 2. The number of carbonyl (C=O) groups is 1. The second kappa shape index (κ2) is 9.87. The number of nitrogens with zero attached hydrogens (tertiary/aromatic N) is 1. The number of hydrogen-bond donors (Lipinski definition) is 1. The van der Waals surface area contributed by atoms with Crippen LogP contribution in [0.3, 0.4) is 0 Å². The monoisotopic (exact) mass is 390 g/mol. The van der Waals surface area contributed by atoms with Gasteiger partial charge in [0.25, 0.3) is 0 Å². The molecule has 0 aliphatic heterocycles. The van der Waals surface area contributed by atoms with Gasteiger partial charge in [-0.15, -0.1) is 0 Å². The van der Waals surface area contributed by atoms with Gasteiger partial charge in [0.15, 0.2) is 0 Å². The fourth-order valence-electron chi connectivity index (χ4n) is 4.57. The van der Waals surface area contributed by atoms with Crippen LogP contribution >= 0.6 is 0 Å². The molecule has 0 saturated heterocycles. The van der Waals surface area contributed by atoms with Gasteiger partial charge in [0.1, 0.15) is 0 Å². The third kappa shape index (κ3) is 6.03. The van der Waals surface area contributed by atoms with Gasteiger partial charge >= 0.3 is 0 Å². The topological polar surface area (TPSA) is 41.5 Å². The summed E-state index contributed by atoms with van der Waals surface area (Å²) in [6.45, 7) is 5.33. The molecule has 1 amide bonds. The van der Waals surface area contributed by atoms with E-state index in [1.54, 1.807) is 0 Å². The number of aliphatic imine (C=N–C) groups is 1. The van der Waals surface area contributed by atoms with Crippen molar-refractivity contribution in [2.75, 3.05) is 7.05 Å². The number of rotatable bonds is 7. The lowest BCUT2D eigenvalue weighted by molar-refractivity contribution is -0.120. The zero-order valence-corrected chi connectivity index (χ0v) is 18.1. The van der Waals surface area contributed by atoms with E-state index in [0.29, 0.717) is 18.9 Å². The van der Waals surface area contributed by atoms with Gasteiger partial charge in [-0.25, -0.2) is 0 Å². The van der Waals surface area contributed by atoms with Crippen LogP contribution in [0.1, 0.15) is 56.2 Å². The van der Waals surface area contributed by atoms with Crippen LogP contribution in [0.25, 0.3) is 0 Å². The average molecular weight is 391 g/mol. The summed E-state index contributed by atoms with van der Waals surface area (Å²) in [5.74, 6) is 0.637. The quantitative estimate of drug-likeness (QED) is 0.678. The van der Waals surface area contributed by atoms with Crippen molar-refractivity contribution in [3.05, 3.63) is 71.3 Å². The lowest BCUT2D eigenvalue weighted by Crippen LogP contribution is -2.35. The van der Waals surface area contributed by atoms with Crippen molar-refractivity contribution in [1.29, 1.82) is 0 Å². The minimum atomic E-state index is 0.0629. The van der Waals surface area contributed by atoms with E-state index >= 15 is 0 Å². The van der Waals surface area contributed by atoms with E-state index in [9.17, 15) is 4.79 Å². The van der Waals surface area contributed by atoms with Gasteiger partial charge in [-0.05, 0) is 47.8 Å². The smallest absolute Gasteiger partial charge is 0.224 e. The molecule has 0 radical (unpaired) electrons. The Morgan fingerprint density at radius 1 is 1.00 bits per heavy atom. The summed E-state index contributed by atoms with van der Waals surface area (Å²) < 4.78 is 0. The zero-order chi connectivity index (χ0) is 20.7. The number of nitrogens with one attached hydrogen (secondary N) is 1. The molecule has 29 heavy (non-hydrogen) atoms. The molecule has 0 bridgehead atoms. The Balaban J connectivity index is 1.54. The standard InChI is InChI=1S/C26H34N2O/c1-26(2,23-11-7-8-12-24(23)27-3)18-21-15-13-20(14-16-21)17-25(29)28-19-22-9-5-4-6-10-22/h4-6,9-10,13-16,23H,7-8,11-12,17-19H2,1-3H3,(H,28,29). The third-order valence-electron chi connectivity index (χ3n) is 6.19. The Morgan fingerprint density at radius 2 is 1.69 bits per heavy atom. The Labute approximate surface area is 175 Å². The summed E-state index contributed by atoms with van der Waals surface area (Å²) in [4.78, 5) is 16.8. The molecule has 1 aliphatic rings. The summed E-state index contributed by atoms with van der Waals surface area (Å²) in [5.41, 5.74) is 5.11. The first-order valence-corrected chi connectivity index (χ1v) is 10.8. The Morgan fingerprint density at radius 3 is 2.38 bits per heavy atom. The van der Waals surface area contributed by atoms with Crippen molar-refractivity contribution in [3.63, 3.8) is 0 Å². The highest BCUT2D eigenvalue weighted by molar-refractivity contribution is 5.88. The van der Waals surface area contributed by atoms with Crippen molar-refractivity contribution < 1.29 is 4.79 Å². The molecule has 1 unspecified atom stereocenters. The van der Waals surface area contributed by atoms with Crippen molar-refractivity contribution in [2.45, 2.75) is 58.9 Å². The van der Waals surface area contributed by atoms with Crippen molar-refractivity contribution >= 4 is 11.6 Å². The second-order valence-electron chi connectivity index (χ2n) is 8.93. The maximum Gasteiger partial charge on any atom is 0.224 e. The van der Waals surface area contributed by atoms with E-state index in [1.807, 2.05) is 37.4 Å². The van der Waals surface area contributed by atoms with Crippen LogP contribution < -0.4 is 5.32 Å². The van der Waals surface area contributed by atoms with Crippen LogP contribution in [0, 0.1) is 11.3 Å². The van der Waals surface area contributed by atoms with Crippen LogP contribution in [-0.4, -0.2) is 18.7 Å². The minimum Gasteiger partial charge on any atom is -0.352 e. The Bertz CT molecular complexity index is 822. The van der Waals surface area contributed by atoms with E-state index in [4.69, 9.17) is 0 Å². The van der Waals surface area contributed by atoms with Gasteiger partial charge in [-0.1, -0.05) is 74.9 Å². The van der Waals surface area contributed by atoms with E-state index < -0.39 is 0 Å². The number of hydrogen-bond acceptors (Lipinski definition) is 2. The van der Waals surface area contributed by atoms with Gasteiger partial charge < -0.3 is 5.32 Å². The van der Waals surface area contributed by atoms with Crippen molar-refractivity contribution in [1.82, 2.24) is 5.32 Å². The average Bonchev–Trinajstić information content (AvgIpc) is 2.74. The second-order valence-corrected chi connectivity index (χ2v) is 8.93. The summed E-state index contributed by atoms with van der Waals surface area (Å²) in [6.07, 6.45) is 6.45. The summed E-state index contributed by atoms with van der Waals surface area (Å²) in [5, 5.41) is 3.00. The fraction of sp³-hybridized carbons (Fsp3) is 0.462. The van der Waals surface area contributed by atoms with Gasteiger partial charge in [0.2, 0.25) is 5.91 Å².